The quantitative estimate of drug-likeness (QED) is 0.599. The summed E-state index contributed by atoms with van der Waals surface area (Å²) in [6.07, 6.45) is 0. The Kier molecular flexibility index (Phi) is 7.14. The zero-order valence-electron chi connectivity index (χ0n) is 15.4. The number of hydrogen-bond donors (Lipinski definition) is 2. The average molecular weight is 341 g/mol. The van der Waals surface area contributed by atoms with E-state index in [2.05, 4.69) is 53.7 Å². The van der Waals surface area contributed by atoms with E-state index in [1.807, 2.05) is 18.2 Å². The maximum Gasteiger partial charge on any atom is 0.191 e. The first kappa shape index (κ1) is 18.6. The van der Waals surface area contributed by atoms with E-state index in [-0.39, 0.29) is 0 Å². The van der Waals surface area contributed by atoms with Gasteiger partial charge in [-0.05, 0) is 37.1 Å². The molecule has 5 heteroatoms. The summed E-state index contributed by atoms with van der Waals surface area (Å²) in [6.45, 7) is 6.25. The molecule has 0 aliphatic rings. The smallest absolute Gasteiger partial charge is 0.191 e. The molecule has 2 aromatic rings. The molecule has 134 valence electrons. The third-order valence-electron chi connectivity index (χ3n) is 3.75. The van der Waals surface area contributed by atoms with Crippen molar-refractivity contribution in [3.05, 3.63) is 59.2 Å². The van der Waals surface area contributed by atoms with E-state index in [0.717, 1.165) is 29.6 Å². The molecule has 0 saturated carbocycles. The van der Waals surface area contributed by atoms with Crippen molar-refractivity contribution in [2.24, 2.45) is 4.99 Å². The van der Waals surface area contributed by atoms with Crippen LogP contribution in [0.1, 0.15) is 23.6 Å². The monoisotopic (exact) mass is 341 g/mol. The van der Waals surface area contributed by atoms with Crippen molar-refractivity contribution in [3.8, 4) is 11.5 Å². The Balaban J connectivity index is 2.02. The van der Waals surface area contributed by atoms with Gasteiger partial charge in [0.05, 0.1) is 20.8 Å². The first-order valence-electron chi connectivity index (χ1n) is 8.45. The first-order chi connectivity index (χ1) is 12.2. The van der Waals surface area contributed by atoms with Crippen molar-refractivity contribution in [3.63, 3.8) is 0 Å². The molecule has 25 heavy (non-hydrogen) atoms. The van der Waals surface area contributed by atoms with E-state index in [1.54, 1.807) is 14.2 Å². The number of hydrogen-bond acceptors (Lipinski definition) is 3. The molecule has 5 nitrogen and oxygen atoms in total. The Morgan fingerprint density at radius 3 is 2.44 bits per heavy atom. The fraction of sp³-hybridized carbons (Fsp3) is 0.350. The summed E-state index contributed by atoms with van der Waals surface area (Å²) in [5.74, 6) is 2.24. The van der Waals surface area contributed by atoms with Gasteiger partial charge in [0.25, 0.3) is 0 Å². The number of rotatable bonds is 7. The molecule has 0 saturated heterocycles. The summed E-state index contributed by atoms with van der Waals surface area (Å²) >= 11 is 0. The second-order valence-corrected chi connectivity index (χ2v) is 5.73. The number of nitrogens with zero attached hydrogens (tertiary/aromatic N) is 1. The van der Waals surface area contributed by atoms with Crippen LogP contribution in [0.5, 0.6) is 11.5 Å². The summed E-state index contributed by atoms with van der Waals surface area (Å²) in [5, 5.41) is 6.62. The molecule has 0 heterocycles. The lowest BCUT2D eigenvalue weighted by molar-refractivity contribution is 0.354. The fourth-order valence-electron chi connectivity index (χ4n) is 2.50. The largest absolute Gasteiger partial charge is 0.493 e. The normalized spacial score (nSPS) is 11.1. The van der Waals surface area contributed by atoms with Crippen LogP contribution in [0.25, 0.3) is 0 Å². The van der Waals surface area contributed by atoms with Crippen LogP contribution in [0.15, 0.2) is 47.5 Å². The van der Waals surface area contributed by atoms with Gasteiger partial charge in [0.1, 0.15) is 0 Å². The molecule has 2 N–H and O–H groups in total. The van der Waals surface area contributed by atoms with Crippen LogP contribution in [0.4, 0.5) is 0 Å². The molecule has 0 aliphatic heterocycles. The molecule has 0 fully saturated rings. The summed E-state index contributed by atoms with van der Waals surface area (Å²) < 4.78 is 10.6. The van der Waals surface area contributed by atoms with E-state index in [9.17, 15) is 0 Å². The average Bonchev–Trinajstić information content (AvgIpc) is 2.63. The van der Waals surface area contributed by atoms with Gasteiger partial charge in [-0.25, -0.2) is 4.99 Å². The SMILES string of the molecule is CCNC(=NCc1cccc(C)c1)NCc1ccc(OC)c(OC)c1. The van der Waals surface area contributed by atoms with Crippen LogP contribution in [0.3, 0.4) is 0 Å². The Bertz CT molecular complexity index is 714. The molecule has 0 atom stereocenters. The summed E-state index contributed by atoms with van der Waals surface area (Å²) in [4.78, 5) is 4.65. The molecular weight excluding hydrogens is 314 g/mol. The van der Waals surface area contributed by atoms with Gasteiger partial charge in [0, 0.05) is 13.1 Å². The van der Waals surface area contributed by atoms with Crippen LogP contribution < -0.4 is 20.1 Å². The second kappa shape index (κ2) is 9.57. The highest BCUT2D eigenvalue weighted by molar-refractivity contribution is 5.79. The second-order valence-electron chi connectivity index (χ2n) is 5.73. The molecule has 2 aromatic carbocycles. The standard InChI is InChI=1S/C20H27N3O2/c1-5-21-20(22-13-16-8-6-7-15(2)11-16)23-14-17-9-10-18(24-3)19(12-17)25-4/h6-12H,5,13-14H2,1-4H3,(H2,21,22,23). The van der Waals surface area contributed by atoms with E-state index >= 15 is 0 Å². The van der Waals surface area contributed by atoms with Gasteiger partial charge in [0.2, 0.25) is 0 Å². The molecule has 0 amide bonds. The Morgan fingerprint density at radius 1 is 0.960 bits per heavy atom. The van der Waals surface area contributed by atoms with Crippen molar-refractivity contribution in [2.75, 3.05) is 20.8 Å². The number of benzene rings is 2. The van der Waals surface area contributed by atoms with Crippen molar-refractivity contribution in [2.45, 2.75) is 26.9 Å². The molecule has 0 aromatic heterocycles. The van der Waals surface area contributed by atoms with Crippen LogP contribution >= 0.6 is 0 Å². The lowest BCUT2D eigenvalue weighted by Gasteiger charge is -2.13. The highest BCUT2D eigenvalue weighted by Crippen LogP contribution is 2.27. The zero-order chi connectivity index (χ0) is 18.1. The third-order valence-corrected chi connectivity index (χ3v) is 3.75. The van der Waals surface area contributed by atoms with Gasteiger partial charge >= 0.3 is 0 Å². The molecule has 2 rings (SSSR count). The number of aryl methyl sites for hydroxylation is 1. The predicted octanol–water partition coefficient (Wildman–Crippen LogP) is 3.27. The van der Waals surface area contributed by atoms with Gasteiger partial charge < -0.3 is 20.1 Å². The van der Waals surface area contributed by atoms with Crippen molar-refractivity contribution in [1.29, 1.82) is 0 Å². The number of ether oxygens (including phenoxy) is 2. The number of aliphatic imine (C=N–C) groups is 1. The lowest BCUT2D eigenvalue weighted by Crippen LogP contribution is -2.36. The number of nitrogens with one attached hydrogen (secondary N) is 2. The molecule has 0 spiro atoms. The van der Waals surface area contributed by atoms with E-state index < -0.39 is 0 Å². The van der Waals surface area contributed by atoms with Crippen molar-refractivity contribution >= 4 is 5.96 Å². The molecule has 0 radical (unpaired) electrons. The topological polar surface area (TPSA) is 54.9 Å². The summed E-state index contributed by atoms with van der Waals surface area (Å²) in [7, 11) is 3.28. The van der Waals surface area contributed by atoms with Gasteiger partial charge in [0.15, 0.2) is 17.5 Å². The minimum absolute atomic E-state index is 0.642. The third kappa shape index (κ3) is 5.71. The van der Waals surface area contributed by atoms with Gasteiger partial charge in [-0.2, -0.15) is 0 Å². The van der Waals surface area contributed by atoms with Crippen LogP contribution in [0.2, 0.25) is 0 Å². The maximum absolute atomic E-state index is 5.35. The van der Waals surface area contributed by atoms with Crippen LogP contribution in [0, 0.1) is 6.92 Å². The molecular formula is C20H27N3O2. The highest BCUT2D eigenvalue weighted by Gasteiger charge is 2.05. The van der Waals surface area contributed by atoms with Crippen molar-refractivity contribution in [1.82, 2.24) is 10.6 Å². The van der Waals surface area contributed by atoms with Crippen LogP contribution in [-0.2, 0) is 13.1 Å². The predicted molar refractivity (Wildman–Crippen MR) is 102 cm³/mol. The highest BCUT2D eigenvalue weighted by atomic mass is 16.5. The fourth-order valence-corrected chi connectivity index (χ4v) is 2.50. The van der Waals surface area contributed by atoms with E-state index in [0.29, 0.717) is 13.1 Å². The minimum Gasteiger partial charge on any atom is -0.493 e. The minimum atomic E-state index is 0.642. The van der Waals surface area contributed by atoms with Crippen LogP contribution in [-0.4, -0.2) is 26.7 Å². The Hall–Kier alpha value is -2.69. The van der Waals surface area contributed by atoms with Gasteiger partial charge in [-0.1, -0.05) is 35.9 Å². The summed E-state index contributed by atoms with van der Waals surface area (Å²) in [6, 6.07) is 14.3. The lowest BCUT2D eigenvalue weighted by atomic mass is 10.1. The number of guanidine groups is 1. The molecule has 0 bridgehead atoms. The molecule has 0 aliphatic carbocycles. The zero-order valence-corrected chi connectivity index (χ0v) is 15.4. The Labute approximate surface area is 150 Å². The first-order valence-corrected chi connectivity index (χ1v) is 8.45. The van der Waals surface area contributed by atoms with Crippen molar-refractivity contribution < 1.29 is 9.47 Å². The van der Waals surface area contributed by atoms with Gasteiger partial charge in [-0.3, -0.25) is 0 Å². The summed E-state index contributed by atoms with van der Waals surface area (Å²) in [5.41, 5.74) is 3.54. The Morgan fingerprint density at radius 2 is 1.76 bits per heavy atom. The maximum atomic E-state index is 5.35. The van der Waals surface area contributed by atoms with E-state index in [4.69, 9.17) is 9.47 Å². The van der Waals surface area contributed by atoms with Gasteiger partial charge in [-0.15, -0.1) is 0 Å². The van der Waals surface area contributed by atoms with E-state index in [1.165, 1.54) is 11.1 Å². The number of methoxy groups -OCH3 is 2. The molecule has 0 unspecified atom stereocenters.